The Bertz CT molecular complexity index is 1290. The van der Waals surface area contributed by atoms with Crippen molar-refractivity contribution in [2.75, 3.05) is 0 Å². The van der Waals surface area contributed by atoms with Gasteiger partial charge in [-0.1, -0.05) is 48.5 Å². The van der Waals surface area contributed by atoms with Crippen molar-refractivity contribution in [3.05, 3.63) is 107 Å². The summed E-state index contributed by atoms with van der Waals surface area (Å²) in [6.07, 6.45) is 1.66. The average molecular weight is 543 g/mol. The molecule has 6 heteroatoms. The summed E-state index contributed by atoms with van der Waals surface area (Å²) in [4.78, 5) is 0. The number of aryl methyl sites for hydroxylation is 4. The van der Waals surface area contributed by atoms with Crippen LogP contribution in [0.4, 0.5) is 0 Å². The van der Waals surface area contributed by atoms with Gasteiger partial charge in [0.15, 0.2) is 0 Å². The third kappa shape index (κ3) is 7.46. The molecule has 35 heavy (non-hydrogen) atoms. The van der Waals surface area contributed by atoms with Crippen LogP contribution in [0.25, 0.3) is 21.5 Å². The maximum atomic E-state index is 9.68. The number of halogens is 2. The van der Waals surface area contributed by atoms with Crippen molar-refractivity contribution >= 4 is 25.9 Å². The van der Waals surface area contributed by atoms with Crippen LogP contribution in [0.1, 0.15) is 28.0 Å². The SMILES string of the molecule is Cc1ccc(O)c2c(C)cccc12.Cc1ccc(O)c2c(C)cccc12.[Cl-].[Cl-].[Ti]=[CH]c1ccco1. The molecule has 1 heterocycles. The van der Waals surface area contributed by atoms with Crippen LogP contribution in [0, 0.1) is 27.7 Å². The van der Waals surface area contributed by atoms with Gasteiger partial charge in [0, 0.05) is 10.8 Å². The van der Waals surface area contributed by atoms with E-state index in [-0.39, 0.29) is 24.8 Å². The van der Waals surface area contributed by atoms with Gasteiger partial charge in [0.1, 0.15) is 11.5 Å². The number of fused-ring (bicyclic) bond motifs is 2. The zero-order valence-corrected chi connectivity index (χ0v) is 23.2. The second-order valence-electron chi connectivity index (χ2n) is 7.96. The van der Waals surface area contributed by atoms with E-state index in [1.54, 1.807) is 18.4 Å². The molecule has 1 aromatic heterocycles. The first-order valence-electron chi connectivity index (χ1n) is 10.7. The van der Waals surface area contributed by atoms with E-state index in [4.69, 9.17) is 4.42 Å². The number of aromatic hydroxyl groups is 2. The van der Waals surface area contributed by atoms with Gasteiger partial charge in [-0.2, -0.15) is 0 Å². The van der Waals surface area contributed by atoms with E-state index in [9.17, 15) is 10.2 Å². The first-order chi connectivity index (χ1) is 15.8. The quantitative estimate of drug-likeness (QED) is 0.314. The molecule has 5 rings (SSSR count). The Morgan fingerprint density at radius 2 is 1.06 bits per heavy atom. The predicted molar refractivity (Wildman–Crippen MR) is 134 cm³/mol. The molecule has 0 atom stereocenters. The van der Waals surface area contributed by atoms with E-state index in [1.165, 1.54) is 11.1 Å². The minimum atomic E-state index is 0. The summed E-state index contributed by atoms with van der Waals surface area (Å²) in [5, 5.41) is 23.6. The van der Waals surface area contributed by atoms with Gasteiger partial charge < -0.3 is 35.0 Å². The Kier molecular flexibility index (Phi) is 12.3. The zero-order valence-electron chi connectivity index (χ0n) is 20.1. The Morgan fingerprint density at radius 3 is 1.37 bits per heavy atom. The molecular formula is C29H28Cl2O3Ti-2. The van der Waals surface area contributed by atoms with Gasteiger partial charge in [0.2, 0.25) is 0 Å². The molecule has 0 amide bonds. The average Bonchev–Trinajstić information content (AvgIpc) is 3.34. The number of phenols is 2. The summed E-state index contributed by atoms with van der Waals surface area (Å²) < 4.78 is 6.84. The number of rotatable bonds is 1. The van der Waals surface area contributed by atoms with Crippen molar-refractivity contribution in [2.45, 2.75) is 27.7 Å². The Balaban J connectivity index is 0.000000266. The van der Waals surface area contributed by atoms with Gasteiger partial charge >= 0.3 is 52.9 Å². The molecule has 182 valence electrons. The van der Waals surface area contributed by atoms with Crippen molar-refractivity contribution in [3.8, 4) is 11.5 Å². The first-order valence-corrected chi connectivity index (χ1v) is 11.6. The van der Waals surface area contributed by atoms with Crippen molar-refractivity contribution in [3.63, 3.8) is 0 Å². The van der Waals surface area contributed by atoms with E-state index < -0.39 is 0 Å². The Labute approximate surface area is 230 Å². The van der Waals surface area contributed by atoms with Crippen LogP contribution in [0.3, 0.4) is 0 Å². The van der Waals surface area contributed by atoms with Crippen LogP contribution in [0.15, 0.2) is 83.5 Å². The van der Waals surface area contributed by atoms with Crippen molar-refractivity contribution < 1.29 is 59.4 Å². The molecule has 0 saturated carbocycles. The monoisotopic (exact) mass is 542 g/mol. The van der Waals surface area contributed by atoms with E-state index >= 15 is 0 Å². The molecule has 0 spiro atoms. The molecule has 0 aliphatic carbocycles. The minimum absolute atomic E-state index is 0. The van der Waals surface area contributed by atoms with Gasteiger partial charge in [-0.25, -0.2) is 0 Å². The summed E-state index contributed by atoms with van der Waals surface area (Å²) in [7, 11) is 0. The number of phenolic OH excluding ortho intramolecular Hbond substituents is 2. The fourth-order valence-electron chi connectivity index (χ4n) is 3.80. The second kappa shape index (κ2) is 14.1. The molecule has 5 aromatic rings. The molecule has 0 aliphatic heterocycles. The van der Waals surface area contributed by atoms with Gasteiger partial charge in [-0.05, 0) is 72.9 Å². The predicted octanol–water partition coefficient (Wildman–Crippen LogP) is 1.31. The summed E-state index contributed by atoms with van der Waals surface area (Å²) in [5.74, 6) is 1.68. The van der Waals surface area contributed by atoms with Gasteiger partial charge in [0.05, 0.1) is 0 Å². The van der Waals surface area contributed by atoms with E-state index in [0.29, 0.717) is 11.5 Å². The summed E-state index contributed by atoms with van der Waals surface area (Å²) in [6.45, 7) is 8.14. The number of hydrogen-bond donors (Lipinski definition) is 2. The van der Waals surface area contributed by atoms with Crippen LogP contribution in [0.2, 0.25) is 0 Å². The van der Waals surface area contributed by atoms with Gasteiger partial charge in [0.25, 0.3) is 0 Å². The van der Waals surface area contributed by atoms with Gasteiger partial charge in [-0.3, -0.25) is 0 Å². The molecular weight excluding hydrogens is 515 g/mol. The zero-order chi connectivity index (χ0) is 24.0. The standard InChI is InChI=1S/2C12H12O.C5H4O.2ClH.Ti/c2*1-8-6-7-11(13)12-9(2)4-3-5-10(8)12;1-5-3-2-4-6-5;;;/h2*3-7,13H,1-2H3;1-4H;2*1H;/p-2. The Morgan fingerprint density at radius 1 is 0.600 bits per heavy atom. The molecule has 0 saturated heterocycles. The molecule has 3 nitrogen and oxygen atoms in total. The Hall–Kier alpha value is -2.56. The van der Waals surface area contributed by atoms with E-state index in [0.717, 1.165) is 38.4 Å². The first kappa shape index (κ1) is 30.5. The van der Waals surface area contributed by atoms with Crippen molar-refractivity contribution in [2.24, 2.45) is 0 Å². The van der Waals surface area contributed by atoms with E-state index in [2.05, 4.69) is 13.8 Å². The number of hydrogen-bond acceptors (Lipinski definition) is 3. The molecule has 0 radical (unpaired) electrons. The molecule has 0 aliphatic rings. The normalized spacial score (nSPS) is 9.57. The fraction of sp³-hybridized carbons (Fsp3) is 0.138. The van der Waals surface area contributed by atoms with Crippen LogP contribution >= 0.6 is 0 Å². The third-order valence-electron chi connectivity index (χ3n) is 5.58. The summed E-state index contributed by atoms with van der Waals surface area (Å²) in [6, 6.07) is 23.3. The summed E-state index contributed by atoms with van der Waals surface area (Å²) in [5.41, 5.74) is 4.66. The van der Waals surface area contributed by atoms with Crippen LogP contribution in [-0.2, 0) is 20.0 Å². The van der Waals surface area contributed by atoms with Crippen LogP contribution < -0.4 is 24.8 Å². The topological polar surface area (TPSA) is 53.6 Å². The molecule has 0 fully saturated rings. The van der Waals surface area contributed by atoms with Crippen LogP contribution in [-0.4, -0.2) is 14.5 Å². The second-order valence-corrected chi connectivity index (χ2v) is 8.41. The number of benzene rings is 4. The van der Waals surface area contributed by atoms with Crippen molar-refractivity contribution in [1.29, 1.82) is 0 Å². The van der Waals surface area contributed by atoms with Gasteiger partial charge in [-0.15, -0.1) is 0 Å². The maximum absolute atomic E-state index is 9.68. The molecule has 2 N–H and O–H groups in total. The number of furan rings is 1. The molecule has 0 unspecified atom stereocenters. The van der Waals surface area contributed by atoms with E-state index in [1.807, 2.05) is 98.8 Å². The fourth-order valence-corrected chi connectivity index (χ4v) is 4.06. The van der Waals surface area contributed by atoms with Crippen LogP contribution in [0.5, 0.6) is 11.5 Å². The molecule has 0 bridgehead atoms. The summed E-state index contributed by atoms with van der Waals surface area (Å²) >= 11 is 1.94. The van der Waals surface area contributed by atoms with Crippen molar-refractivity contribution in [1.82, 2.24) is 0 Å². The molecule has 4 aromatic carbocycles. The third-order valence-corrected chi connectivity index (χ3v) is 6.02.